The summed E-state index contributed by atoms with van der Waals surface area (Å²) in [5.74, 6) is 2.14. The van der Waals surface area contributed by atoms with Gasteiger partial charge in [-0.25, -0.2) is 19.7 Å². The molecule has 2 fully saturated rings. The lowest BCUT2D eigenvalue weighted by Crippen LogP contribution is -2.32. The maximum absolute atomic E-state index is 12.0. The summed E-state index contributed by atoms with van der Waals surface area (Å²) in [4.78, 5) is 26.5. The van der Waals surface area contributed by atoms with Gasteiger partial charge in [0.25, 0.3) is 0 Å². The van der Waals surface area contributed by atoms with E-state index >= 15 is 0 Å². The molecule has 0 aliphatic heterocycles. The monoisotopic (exact) mass is 488 g/mol. The zero-order valence-electron chi connectivity index (χ0n) is 19.0. The van der Waals surface area contributed by atoms with E-state index in [9.17, 15) is 9.90 Å². The second-order valence-electron chi connectivity index (χ2n) is 9.40. The molecule has 1 aromatic carbocycles. The molecule has 0 radical (unpaired) electrons. The molecule has 0 spiro atoms. The number of nitrogens with zero attached hydrogens (tertiary/aromatic N) is 5. The van der Waals surface area contributed by atoms with Gasteiger partial charge in [0.05, 0.1) is 12.2 Å². The van der Waals surface area contributed by atoms with Crippen LogP contribution in [0, 0.1) is 5.92 Å². The molecule has 2 saturated carbocycles. The van der Waals surface area contributed by atoms with Gasteiger partial charge in [-0.05, 0) is 66.3 Å². The van der Waals surface area contributed by atoms with Crippen LogP contribution in [0.3, 0.4) is 0 Å². The summed E-state index contributed by atoms with van der Waals surface area (Å²) >= 11 is 6.12. The van der Waals surface area contributed by atoms with Crippen molar-refractivity contribution >= 4 is 35.0 Å². The first-order chi connectivity index (χ1) is 17.0. The number of carboxylic acid groups (broad SMARTS) is 1. The molecule has 0 saturated heterocycles. The van der Waals surface area contributed by atoms with Gasteiger partial charge in [0, 0.05) is 30.0 Å². The van der Waals surface area contributed by atoms with Crippen LogP contribution in [0.5, 0.6) is 0 Å². The van der Waals surface area contributed by atoms with Crippen LogP contribution in [0.15, 0.2) is 61.2 Å². The van der Waals surface area contributed by atoms with Gasteiger partial charge < -0.3 is 14.8 Å². The minimum absolute atomic E-state index is 0.231. The molecule has 0 bridgehead atoms. The summed E-state index contributed by atoms with van der Waals surface area (Å²) in [6.07, 6.45) is 7.99. The van der Waals surface area contributed by atoms with Gasteiger partial charge in [-0.15, -0.1) is 0 Å². The second-order valence-corrected chi connectivity index (χ2v) is 9.84. The number of fused-ring (bicyclic) bond motifs is 1. The molecular weight excluding hydrogens is 464 g/mol. The molecule has 1 amide bonds. The van der Waals surface area contributed by atoms with Gasteiger partial charge in [-0.2, -0.15) is 0 Å². The van der Waals surface area contributed by atoms with E-state index in [0.29, 0.717) is 41.6 Å². The highest BCUT2D eigenvalue weighted by atomic mass is 35.5. The first kappa shape index (κ1) is 21.9. The summed E-state index contributed by atoms with van der Waals surface area (Å²) in [6.45, 7) is 0.849. The number of halogens is 1. The van der Waals surface area contributed by atoms with Crippen LogP contribution in [0.4, 0.5) is 16.4 Å². The van der Waals surface area contributed by atoms with Gasteiger partial charge in [-0.3, -0.25) is 4.90 Å². The van der Waals surface area contributed by atoms with Crippen LogP contribution in [-0.4, -0.2) is 37.1 Å². The van der Waals surface area contributed by atoms with Crippen LogP contribution in [0.25, 0.3) is 5.65 Å². The average molecular weight is 489 g/mol. The number of amides is 1. The fourth-order valence-corrected chi connectivity index (χ4v) is 4.88. The molecule has 6 rings (SSSR count). The van der Waals surface area contributed by atoms with E-state index in [4.69, 9.17) is 11.6 Å². The number of rotatable bonds is 8. The van der Waals surface area contributed by atoms with Gasteiger partial charge >= 0.3 is 6.09 Å². The number of hydrogen-bond acceptors (Lipinski definition) is 5. The zero-order valence-corrected chi connectivity index (χ0v) is 19.8. The molecule has 4 aromatic rings. The van der Waals surface area contributed by atoms with Crippen molar-refractivity contribution in [3.63, 3.8) is 0 Å². The van der Waals surface area contributed by atoms with Crippen molar-refractivity contribution in [2.24, 2.45) is 5.92 Å². The molecule has 8 nitrogen and oxygen atoms in total. The van der Waals surface area contributed by atoms with Gasteiger partial charge in [0.1, 0.15) is 23.6 Å². The molecule has 3 aromatic heterocycles. The predicted molar refractivity (Wildman–Crippen MR) is 134 cm³/mol. The second kappa shape index (κ2) is 8.85. The average Bonchev–Trinajstić information content (AvgIpc) is 3.78. The van der Waals surface area contributed by atoms with Crippen molar-refractivity contribution in [1.29, 1.82) is 0 Å². The largest absolute Gasteiger partial charge is 0.465 e. The summed E-state index contributed by atoms with van der Waals surface area (Å²) < 4.78 is 2.06. The fourth-order valence-electron chi connectivity index (χ4n) is 4.68. The van der Waals surface area contributed by atoms with Crippen molar-refractivity contribution in [1.82, 2.24) is 19.4 Å². The van der Waals surface area contributed by atoms with Crippen LogP contribution in [0.1, 0.15) is 47.9 Å². The van der Waals surface area contributed by atoms with E-state index in [2.05, 4.69) is 43.0 Å². The predicted octanol–water partition coefficient (Wildman–Crippen LogP) is 5.56. The van der Waals surface area contributed by atoms with Crippen molar-refractivity contribution in [3.8, 4) is 0 Å². The normalized spacial score (nSPS) is 19.0. The highest BCUT2D eigenvalue weighted by Gasteiger charge is 2.41. The standard InChI is InChI=1S/C26H25ClN6O2/c27-20-3-1-2-17(8-20)22-9-19(22)13-33(26(34)35)25-10-23(29-15-30-25)28-11-21-14-32-12-18(16-4-5-16)6-7-24(32)31-21/h1-3,6-8,10,12,14-16,19,22H,4-5,9,11,13H2,(H,34,35)(H,28,29,30)/t19-,22-/m1/s1. The van der Waals surface area contributed by atoms with E-state index in [1.165, 1.54) is 29.6 Å². The molecule has 2 N–H and O–H groups in total. The quantitative estimate of drug-likeness (QED) is 0.337. The number of pyridine rings is 1. The minimum Gasteiger partial charge on any atom is -0.465 e. The van der Waals surface area contributed by atoms with Crippen molar-refractivity contribution in [2.45, 2.75) is 37.6 Å². The van der Waals surface area contributed by atoms with E-state index in [0.717, 1.165) is 23.3 Å². The Labute approximate surface area is 207 Å². The molecule has 3 heterocycles. The molecule has 178 valence electrons. The highest BCUT2D eigenvalue weighted by molar-refractivity contribution is 6.30. The number of carbonyl (C=O) groups is 1. The SMILES string of the molecule is O=C(O)N(C[C@H]1C[C@@H]1c1cccc(Cl)c1)c1cc(NCc2cn3cc(C4CC4)ccc3n2)ncn1. The summed E-state index contributed by atoms with van der Waals surface area (Å²) in [5, 5.41) is 13.8. The number of nitrogens with one attached hydrogen (secondary N) is 1. The Kier molecular flexibility index (Phi) is 5.53. The van der Waals surface area contributed by atoms with Crippen LogP contribution < -0.4 is 10.2 Å². The molecule has 2 aliphatic rings. The molecule has 35 heavy (non-hydrogen) atoms. The lowest BCUT2D eigenvalue weighted by atomic mass is 10.1. The van der Waals surface area contributed by atoms with E-state index < -0.39 is 6.09 Å². The van der Waals surface area contributed by atoms with E-state index in [1.807, 2.05) is 30.5 Å². The van der Waals surface area contributed by atoms with Gasteiger partial charge in [0.15, 0.2) is 0 Å². The summed E-state index contributed by atoms with van der Waals surface area (Å²) in [7, 11) is 0. The maximum Gasteiger partial charge on any atom is 0.413 e. The molecule has 0 unspecified atom stereocenters. The molecule has 2 atom stereocenters. The number of anilines is 2. The van der Waals surface area contributed by atoms with Crippen LogP contribution >= 0.6 is 11.6 Å². The van der Waals surface area contributed by atoms with Crippen LogP contribution in [-0.2, 0) is 6.54 Å². The molecule has 2 aliphatic carbocycles. The Bertz CT molecular complexity index is 1400. The Morgan fingerprint density at radius 2 is 2.03 bits per heavy atom. The van der Waals surface area contributed by atoms with Gasteiger partial charge in [-0.1, -0.05) is 29.8 Å². The number of benzene rings is 1. The van der Waals surface area contributed by atoms with Crippen molar-refractivity contribution < 1.29 is 9.90 Å². The van der Waals surface area contributed by atoms with E-state index in [-0.39, 0.29) is 5.92 Å². The Balaban J connectivity index is 1.12. The first-order valence-electron chi connectivity index (χ1n) is 11.8. The highest BCUT2D eigenvalue weighted by Crippen LogP contribution is 2.48. The number of aromatic nitrogens is 4. The topological polar surface area (TPSA) is 95.7 Å². The number of hydrogen-bond donors (Lipinski definition) is 2. The molecule has 9 heteroatoms. The fraction of sp³-hybridized carbons (Fsp3) is 0.308. The third-order valence-corrected chi connectivity index (χ3v) is 7.03. The zero-order chi connectivity index (χ0) is 23.9. The number of imidazole rings is 1. The summed E-state index contributed by atoms with van der Waals surface area (Å²) in [6, 6.07) is 13.7. The molecular formula is C26H25ClN6O2. The first-order valence-corrected chi connectivity index (χ1v) is 12.2. The van der Waals surface area contributed by atoms with E-state index in [1.54, 1.807) is 6.07 Å². The Morgan fingerprint density at radius 3 is 2.83 bits per heavy atom. The third kappa shape index (κ3) is 4.79. The smallest absolute Gasteiger partial charge is 0.413 e. The van der Waals surface area contributed by atoms with Crippen molar-refractivity contribution in [3.05, 3.63) is 83.0 Å². The maximum atomic E-state index is 12.0. The third-order valence-electron chi connectivity index (χ3n) is 6.80. The van der Waals surface area contributed by atoms with Gasteiger partial charge in [0.2, 0.25) is 0 Å². The summed E-state index contributed by atoms with van der Waals surface area (Å²) in [5.41, 5.74) is 4.30. The van der Waals surface area contributed by atoms with Crippen LogP contribution in [0.2, 0.25) is 5.02 Å². The lowest BCUT2D eigenvalue weighted by molar-refractivity contribution is 0.201. The minimum atomic E-state index is -1.03. The Hall–Kier alpha value is -3.65. The lowest BCUT2D eigenvalue weighted by Gasteiger charge is -2.19. The van der Waals surface area contributed by atoms with Crippen molar-refractivity contribution in [2.75, 3.05) is 16.8 Å². The Morgan fingerprint density at radius 1 is 1.14 bits per heavy atom.